The first-order chi connectivity index (χ1) is 9.17. The van der Waals surface area contributed by atoms with Gasteiger partial charge in [-0.25, -0.2) is 0 Å². The molecule has 0 bridgehead atoms. The molecule has 3 nitrogen and oxygen atoms in total. The molecule has 1 atom stereocenters. The predicted molar refractivity (Wildman–Crippen MR) is 82.7 cm³/mol. The first-order valence-corrected chi connectivity index (χ1v) is 7.62. The minimum atomic E-state index is 0.185. The van der Waals surface area contributed by atoms with Gasteiger partial charge in [0.1, 0.15) is 5.75 Å². The number of ether oxygens (including phenoxy) is 2. The Morgan fingerprint density at radius 2 is 2.00 bits per heavy atom. The van der Waals surface area contributed by atoms with Crippen molar-refractivity contribution >= 4 is 15.9 Å². The molecule has 19 heavy (non-hydrogen) atoms. The van der Waals surface area contributed by atoms with Crippen molar-refractivity contribution in [1.82, 2.24) is 0 Å². The van der Waals surface area contributed by atoms with Gasteiger partial charge in [-0.2, -0.15) is 0 Å². The van der Waals surface area contributed by atoms with E-state index in [2.05, 4.69) is 28.9 Å². The Morgan fingerprint density at radius 1 is 1.26 bits per heavy atom. The third-order valence-electron chi connectivity index (χ3n) is 3.03. The lowest BCUT2D eigenvalue weighted by Gasteiger charge is -2.15. The summed E-state index contributed by atoms with van der Waals surface area (Å²) in [5.74, 6) is 0.949. The molecule has 0 fully saturated rings. The highest BCUT2D eigenvalue weighted by molar-refractivity contribution is 9.10. The maximum Gasteiger partial charge on any atom is 0.122 e. The molecule has 0 heterocycles. The summed E-state index contributed by atoms with van der Waals surface area (Å²) in [6.07, 6.45) is 3.85. The fourth-order valence-corrected chi connectivity index (χ4v) is 2.21. The van der Waals surface area contributed by atoms with Crippen LogP contribution in [0.4, 0.5) is 0 Å². The van der Waals surface area contributed by atoms with E-state index in [0.717, 1.165) is 49.1 Å². The SMILES string of the molecule is CCC(N)Cc1cc(Br)ccc1OCCCCOC. The Balaban J connectivity index is 2.55. The van der Waals surface area contributed by atoms with E-state index in [1.165, 1.54) is 5.56 Å². The van der Waals surface area contributed by atoms with Crippen molar-refractivity contribution in [2.24, 2.45) is 5.73 Å². The van der Waals surface area contributed by atoms with Crippen molar-refractivity contribution in [3.05, 3.63) is 28.2 Å². The van der Waals surface area contributed by atoms with Gasteiger partial charge in [0.15, 0.2) is 0 Å². The van der Waals surface area contributed by atoms with Crippen molar-refractivity contribution < 1.29 is 9.47 Å². The molecule has 0 aromatic heterocycles. The van der Waals surface area contributed by atoms with Crippen LogP contribution in [0.3, 0.4) is 0 Å². The molecule has 0 amide bonds. The van der Waals surface area contributed by atoms with Gasteiger partial charge >= 0.3 is 0 Å². The number of halogens is 1. The monoisotopic (exact) mass is 329 g/mol. The molecule has 108 valence electrons. The molecule has 1 aromatic rings. The second-order valence-corrected chi connectivity index (χ2v) is 5.59. The zero-order valence-electron chi connectivity index (χ0n) is 11.8. The maximum atomic E-state index is 6.03. The minimum Gasteiger partial charge on any atom is -0.493 e. The normalized spacial score (nSPS) is 12.4. The highest BCUT2D eigenvalue weighted by Crippen LogP contribution is 2.25. The van der Waals surface area contributed by atoms with Gasteiger partial charge in [0.2, 0.25) is 0 Å². The van der Waals surface area contributed by atoms with Gasteiger partial charge < -0.3 is 15.2 Å². The predicted octanol–water partition coefficient (Wildman–Crippen LogP) is 3.53. The largest absolute Gasteiger partial charge is 0.493 e. The van der Waals surface area contributed by atoms with Gasteiger partial charge in [-0.1, -0.05) is 22.9 Å². The number of rotatable bonds is 9. The van der Waals surface area contributed by atoms with E-state index in [4.69, 9.17) is 15.2 Å². The summed E-state index contributed by atoms with van der Waals surface area (Å²) >= 11 is 3.50. The summed E-state index contributed by atoms with van der Waals surface area (Å²) in [4.78, 5) is 0. The summed E-state index contributed by atoms with van der Waals surface area (Å²) in [5.41, 5.74) is 7.21. The second-order valence-electron chi connectivity index (χ2n) is 4.67. The number of methoxy groups -OCH3 is 1. The van der Waals surface area contributed by atoms with Crippen LogP contribution in [-0.2, 0) is 11.2 Å². The van der Waals surface area contributed by atoms with E-state index in [9.17, 15) is 0 Å². The second kappa shape index (κ2) is 9.34. The number of hydrogen-bond acceptors (Lipinski definition) is 3. The average Bonchev–Trinajstić information content (AvgIpc) is 2.40. The number of unbranched alkanes of at least 4 members (excludes halogenated alkanes) is 1. The zero-order valence-corrected chi connectivity index (χ0v) is 13.4. The van der Waals surface area contributed by atoms with E-state index < -0.39 is 0 Å². The van der Waals surface area contributed by atoms with Gasteiger partial charge in [0.05, 0.1) is 6.61 Å². The summed E-state index contributed by atoms with van der Waals surface area (Å²) < 4.78 is 11.9. The Labute approximate surface area is 124 Å². The highest BCUT2D eigenvalue weighted by atomic mass is 79.9. The van der Waals surface area contributed by atoms with Crippen molar-refractivity contribution in [3.63, 3.8) is 0 Å². The van der Waals surface area contributed by atoms with Crippen LogP contribution in [-0.4, -0.2) is 26.4 Å². The Morgan fingerprint density at radius 3 is 2.68 bits per heavy atom. The van der Waals surface area contributed by atoms with Crippen LogP contribution in [0.15, 0.2) is 22.7 Å². The molecule has 4 heteroatoms. The number of nitrogens with two attached hydrogens (primary N) is 1. The molecule has 0 aliphatic heterocycles. The van der Waals surface area contributed by atoms with Crippen LogP contribution in [0.2, 0.25) is 0 Å². The van der Waals surface area contributed by atoms with Gasteiger partial charge in [-0.15, -0.1) is 0 Å². The fraction of sp³-hybridized carbons (Fsp3) is 0.600. The third-order valence-corrected chi connectivity index (χ3v) is 3.52. The molecule has 1 unspecified atom stereocenters. The molecule has 0 aliphatic rings. The molecule has 0 saturated carbocycles. The van der Waals surface area contributed by atoms with Crippen molar-refractivity contribution in [1.29, 1.82) is 0 Å². The van der Waals surface area contributed by atoms with Crippen molar-refractivity contribution in [3.8, 4) is 5.75 Å². The van der Waals surface area contributed by atoms with E-state index in [1.807, 2.05) is 12.1 Å². The Kier molecular flexibility index (Phi) is 8.10. The summed E-state index contributed by atoms with van der Waals surface area (Å²) in [7, 11) is 1.72. The molecular weight excluding hydrogens is 306 g/mol. The molecule has 0 spiro atoms. The van der Waals surface area contributed by atoms with E-state index in [0.29, 0.717) is 0 Å². The first kappa shape index (κ1) is 16.5. The lowest BCUT2D eigenvalue weighted by atomic mass is 10.0. The number of benzene rings is 1. The topological polar surface area (TPSA) is 44.5 Å². The summed E-state index contributed by atoms with van der Waals surface area (Å²) in [5, 5.41) is 0. The highest BCUT2D eigenvalue weighted by Gasteiger charge is 2.08. The van der Waals surface area contributed by atoms with Gasteiger partial charge in [0.25, 0.3) is 0 Å². The lowest BCUT2D eigenvalue weighted by molar-refractivity contribution is 0.184. The average molecular weight is 330 g/mol. The first-order valence-electron chi connectivity index (χ1n) is 6.83. The quantitative estimate of drug-likeness (QED) is 0.705. The molecule has 0 aliphatic carbocycles. The third kappa shape index (κ3) is 6.41. The molecule has 1 rings (SSSR count). The smallest absolute Gasteiger partial charge is 0.122 e. The van der Waals surface area contributed by atoms with E-state index in [1.54, 1.807) is 7.11 Å². The summed E-state index contributed by atoms with van der Waals surface area (Å²) in [6.45, 7) is 3.62. The fourth-order valence-electron chi connectivity index (χ4n) is 1.81. The molecule has 2 N–H and O–H groups in total. The van der Waals surface area contributed by atoms with Crippen molar-refractivity contribution in [2.45, 2.75) is 38.6 Å². The van der Waals surface area contributed by atoms with Gasteiger partial charge in [0, 0.05) is 24.2 Å². The summed E-state index contributed by atoms with van der Waals surface area (Å²) in [6, 6.07) is 6.30. The van der Waals surface area contributed by atoms with Crippen LogP contribution in [0.5, 0.6) is 5.75 Å². The van der Waals surface area contributed by atoms with Crippen LogP contribution >= 0.6 is 15.9 Å². The van der Waals surface area contributed by atoms with Gasteiger partial charge in [-0.05, 0) is 49.4 Å². The van der Waals surface area contributed by atoms with E-state index in [-0.39, 0.29) is 6.04 Å². The molecule has 1 aromatic carbocycles. The molecular formula is C15H24BrNO2. The Bertz CT molecular complexity index is 371. The molecule has 0 radical (unpaired) electrons. The van der Waals surface area contributed by atoms with Crippen LogP contribution in [0.1, 0.15) is 31.7 Å². The van der Waals surface area contributed by atoms with Crippen molar-refractivity contribution in [2.75, 3.05) is 20.3 Å². The number of hydrogen-bond donors (Lipinski definition) is 1. The molecule has 0 saturated heterocycles. The standard InChI is InChI=1S/C15H24BrNO2/c1-3-14(17)11-12-10-13(16)6-7-15(12)19-9-5-4-8-18-2/h6-7,10,14H,3-5,8-9,11,17H2,1-2H3. The zero-order chi connectivity index (χ0) is 14.1. The maximum absolute atomic E-state index is 6.03. The van der Waals surface area contributed by atoms with E-state index >= 15 is 0 Å². The van der Waals surface area contributed by atoms with Crippen LogP contribution in [0, 0.1) is 0 Å². The Hall–Kier alpha value is -0.580. The van der Waals surface area contributed by atoms with Crippen LogP contribution < -0.4 is 10.5 Å². The van der Waals surface area contributed by atoms with Gasteiger partial charge in [-0.3, -0.25) is 0 Å². The minimum absolute atomic E-state index is 0.185. The van der Waals surface area contributed by atoms with Crippen LogP contribution in [0.25, 0.3) is 0 Å². The lowest BCUT2D eigenvalue weighted by Crippen LogP contribution is -2.21.